The summed E-state index contributed by atoms with van der Waals surface area (Å²) in [7, 11) is 0. The number of aliphatic hydroxyl groups excluding tert-OH is 4. The fourth-order valence-electron chi connectivity index (χ4n) is 12.2. The number of hydrogen-bond acceptors (Lipinski definition) is 18. The lowest BCUT2D eigenvalue weighted by molar-refractivity contribution is -0.140. The topological polar surface area (TPSA) is 365 Å². The number of H-pyrrole nitrogens is 1. The number of nitrogens with one attached hydrogen (secondary N) is 5. The Hall–Kier alpha value is -7.13. The number of rotatable bonds is 32. The van der Waals surface area contributed by atoms with Crippen LogP contribution in [0, 0.1) is 22.7 Å². The van der Waals surface area contributed by atoms with Crippen LogP contribution in [0.15, 0.2) is 140 Å². The summed E-state index contributed by atoms with van der Waals surface area (Å²) in [5, 5.41) is 104. The fourth-order valence-corrected chi connectivity index (χ4v) is 12.4. The van der Waals surface area contributed by atoms with E-state index < -0.39 is 72.5 Å². The van der Waals surface area contributed by atoms with Crippen LogP contribution < -0.4 is 26.0 Å². The maximum atomic E-state index is 11.4. The van der Waals surface area contributed by atoms with Gasteiger partial charge in [-0.25, -0.2) is 0 Å². The molecule has 2 saturated carbocycles. The van der Waals surface area contributed by atoms with Crippen molar-refractivity contribution in [3.8, 4) is 17.2 Å². The summed E-state index contributed by atoms with van der Waals surface area (Å²) < 4.78 is 15.5. The Kier molecular flexibility index (Phi) is 48.9. The summed E-state index contributed by atoms with van der Waals surface area (Å²) in [5.41, 5.74) is 5.85. The number of carboxylic acid groups (broad SMARTS) is 4. The van der Waals surface area contributed by atoms with Crippen LogP contribution in [0.1, 0.15) is 188 Å². The van der Waals surface area contributed by atoms with Gasteiger partial charge < -0.3 is 86.2 Å². The van der Waals surface area contributed by atoms with Gasteiger partial charge in [0.1, 0.15) is 29.9 Å². The number of fused-ring (bicyclic) bond motifs is 3. The molecule has 4 fully saturated rings. The quantitative estimate of drug-likeness (QED) is 0.0106. The van der Waals surface area contributed by atoms with Gasteiger partial charge in [-0.05, 0) is 166 Å². The van der Waals surface area contributed by atoms with Crippen LogP contribution in [0.3, 0.4) is 0 Å². The minimum absolute atomic E-state index is 0.152. The zero-order valence-electron chi connectivity index (χ0n) is 66.2. The maximum absolute atomic E-state index is 11.4. The van der Waals surface area contributed by atoms with E-state index in [-0.39, 0.29) is 36.8 Å². The molecule has 2 aliphatic heterocycles. The third kappa shape index (κ3) is 37.5. The van der Waals surface area contributed by atoms with Crippen LogP contribution in [0.5, 0.6) is 17.2 Å². The molecule has 23 heteroatoms. The molecule has 0 radical (unpaired) electrons. The first-order valence-corrected chi connectivity index (χ1v) is 39.4. The number of ether oxygens (including phenoxy) is 3. The molecule has 5 aromatic carbocycles. The van der Waals surface area contributed by atoms with Crippen molar-refractivity contribution in [2.45, 2.75) is 240 Å². The molecule has 2 aliphatic carbocycles. The summed E-state index contributed by atoms with van der Waals surface area (Å²) in [6.07, 6.45) is 15.4. The molecule has 15 N–H and O–H groups in total. The van der Waals surface area contributed by atoms with Crippen molar-refractivity contribution in [1.29, 1.82) is 0 Å². The van der Waals surface area contributed by atoms with E-state index >= 15 is 0 Å². The Morgan fingerprint density at radius 3 is 1.40 bits per heavy atom. The van der Waals surface area contributed by atoms with E-state index in [9.17, 15) is 49.8 Å². The minimum Gasteiger partial charge on any atom is -0.504 e. The van der Waals surface area contributed by atoms with E-state index in [2.05, 4.69) is 119 Å². The summed E-state index contributed by atoms with van der Waals surface area (Å²) in [4.78, 5) is 47.0. The highest BCUT2D eigenvalue weighted by molar-refractivity contribution is 7.80. The van der Waals surface area contributed by atoms with Crippen molar-refractivity contribution in [2.75, 3.05) is 51.8 Å². The number of thiol groups is 1. The number of aliphatic carboxylic acids is 4. The molecule has 13 unspecified atom stereocenters. The summed E-state index contributed by atoms with van der Waals surface area (Å²) in [6, 6.07) is 38.5. The molecule has 108 heavy (non-hydrogen) atoms. The van der Waals surface area contributed by atoms with Crippen molar-refractivity contribution >= 4 is 47.4 Å². The van der Waals surface area contributed by atoms with Crippen molar-refractivity contribution in [1.82, 2.24) is 26.3 Å². The molecule has 2 bridgehead atoms. The van der Waals surface area contributed by atoms with Gasteiger partial charge in [0.05, 0.1) is 49.8 Å². The van der Waals surface area contributed by atoms with Gasteiger partial charge in [0.2, 0.25) is 0 Å². The Balaban J connectivity index is 0.000000423. The molecule has 22 nitrogen and oxygen atoms in total. The molecule has 6 aromatic rings. The molecule has 4 aliphatic rings. The molecule has 0 spiro atoms. The van der Waals surface area contributed by atoms with E-state index in [0.29, 0.717) is 79.4 Å². The standard InChI is InChI=1S/C14H18N2O3.C13H19NO5.C13H19NO3.C11H20.C9H12O.C8H10.C7H15NO3S.C6H12O.C4H8O/c1-2-9(17)7-16-13(14(18)19)11-8-15-12-6-4-3-5-10(11)12;1-2-9(15)7-14-10(13(18)19)5-8-3-4-11(16)12(17)6-8;1-2-11(15)9-14-12(13(16)17)8-10-6-4-3-5-7-10;1-8-7-9-5-6-11(8,4)10(9,2)3;1-2-8-10-9-6-4-3-5-7-9;1-2-8-6-4-3-5-7-8;1-2-5(9)3-8-6(4-12)7(10)11;1-2-6-4-3-5-7-6;1-2-4-3-5-4/h3-6,8-9,13,15-17H,2,7H2,1H3,(H,18,19);3-4,6,9-10,14-17H,2,5,7H2,1H3,(H,18,19);3-7,11-12,14-15H,2,8-9H2,1H3,(H,16,17);8-9H,5-7H2,1-4H3;3-7H,2,8H2,1H3;3-7H,2H2,1H3;5-6,8-9,12H,2-4H2,1H3,(H,10,11);6H,2-5H2,1H3;4H,2-3H2,1H3. The fraction of sp³-hybridized carbons (Fsp3) is 0.576. The number of hydrogen-bond donors (Lipinski definition) is 16. The number of benzene rings is 5. The number of para-hydroxylation sites is 2. The average molecular weight is 1530 g/mol. The molecule has 606 valence electrons. The Bertz CT molecular complexity index is 3340. The van der Waals surface area contributed by atoms with Gasteiger partial charge in [0.15, 0.2) is 11.5 Å². The Morgan fingerprint density at radius 1 is 0.565 bits per heavy atom. The van der Waals surface area contributed by atoms with Gasteiger partial charge in [-0.15, -0.1) is 0 Å². The molecule has 13 atom stereocenters. The molecule has 1 aromatic heterocycles. The smallest absolute Gasteiger partial charge is 0.325 e. The third-order valence-electron chi connectivity index (χ3n) is 20.3. The first-order chi connectivity index (χ1) is 51.5. The van der Waals surface area contributed by atoms with Crippen LogP contribution in [-0.4, -0.2) is 186 Å². The number of aliphatic hydroxyl groups is 4. The maximum Gasteiger partial charge on any atom is 0.325 e. The second-order valence-corrected chi connectivity index (χ2v) is 28.8. The predicted octanol–water partition coefficient (Wildman–Crippen LogP) is 13.4. The van der Waals surface area contributed by atoms with Crippen molar-refractivity contribution < 1.29 is 84.5 Å². The first-order valence-electron chi connectivity index (χ1n) is 38.8. The predicted molar refractivity (Wildman–Crippen MR) is 433 cm³/mol. The van der Waals surface area contributed by atoms with Gasteiger partial charge in [0.25, 0.3) is 0 Å². The van der Waals surface area contributed by atoms with Gasteiger partial charge in [0, 0.05) is 61.2 Å². The molecule has 2 saturated heterocycles. The third-order valence-corrected chi connectivity index (χ3v) is 20.7. The second-order valence-electron chi connectivity index (χ2n) is 28.4. The average Bonchev–Trinajstić information content (AvgIpc) is 1.57. The van der Waals surface area contributed by atoms with Crippen LogP contribution in [0.2, 0.25) is 0 Å². The number of aromatic nitrogens is 1. The lowest BCUT2D eigenvalue weighted by atomic mass is 9.67. The summed E-state index contributed by atoms with van der Waals surface area (Å²) in [5.74, 6) is -1.15. The number of aryl methyl sites for hydroxylation is 1. The Morgan fingerprint density at radius 2 is 1.04 bits per heavy atom. The first kappa shape index (κ1) is 96.9. The van der Waals surface area contributed by atoms with Gasteiger partial charge in [-0.3, -0.25) is 24.5 Å². The number of phenols is 2. The molecule has 0 amide bonds. The number of carbonyl (C=O) groups is 4. The number of aromatic hydroxyl groups is 2. The van der Waals surface area contributed by atoms with Crippen LogP contribution in [0.25, 0.3) is 10.9 Å². The van der Waals surface area contributed by atoms with E-state index in [4.69, 9.17) is 34.6 Å². The lowest BCUT2D eigenvalue weighted by Gasteiger charge is -2.37. The highest BCUT2D eigenvalue weighted by Crippen LogP contribution is 2.67. The number of phenolic OH excluding ortho intramolecular Hbond substituents is 2. The number of aromatic amines is 1. The molecular weight excluding hydrogens is 1400 g/mol. The van der Waals surface area contributed by atoms with E-state index in [1.807, 2.05) is 112 Å². The monoisotopic (exact) mass is 1530 g/mol. The zero-order chi connectivity index (χ0) is 80.6. The van der Waals surface area contributed by atoms with Crippen molar-refractivity contribution in [3.05, 3.63) is 162 Å². The van der Waals surface area contributed by atoms with E-state index in [1.54, 1.807) is 19.2 Å². The van der Waals surface area contributed by atoms with Gasteiger partial charge in [-0.2, -0.15) is 12.6 Å². The largest absolute Gasteiger partial charge is 0.504 e. The number of carboxylic acids is 4. The van der Waals surface area contributed by atoms with Crippen LogP contribution in [0.4, 0.5) is 0 Å². The highest BCUT2D eigenvalue weighted by atomic mass is 32.1. The summed E-state index contributed by atoms with van der Waals surface area (Å²) >= 11 is 3.86. The van der Waals surface area contributed by atoms with Crippen molar-refractivity contribution in [3.63, 3.8) is 0 Å². The Labute approximate surface area is 648 Å². The van der Waals surface area contributed by atoms with E-state index in [1.165, 1.54) is 62.6 Å². The second kappa shape index (κ2) is 54.5. The number of epoxide rings is 1. The minimum atomic E-state index is -1.03. The van der Waals surface area contributed by atoms with Gasteiger partial charge in [-0.1, -0.05) is 186 Å². The van der Waals surface area contributed by atoms with Crippen molar-refractivity contribution in [2.24, 2.45) is 22.7 Å². The zero-order valence-corrected chi connectivity index (χ0v) is 67.1. The van der Waals surface area contributed by atoms with Gasteiger partial charge >= 0.3 is 23.9 Å². The van der Waals surface area contributed by atoms with E-state index in [0.717, 1.165) is 66.7 Å². The highest BCUT2D eigenvalue weighted by Gasteiger charge is 2.59. The normalized spacial score (nSPS) is 19.6. The van der Waals surface area contributed by atoms with Crippen LogP contribution >= 0.6 is 12.6 Å². The SMILES string of the molecule is CC1CC2CCC1(C)C2(C)C.CCC(O)CNC(C(=O)O)c1c[nH]c2ccccc12.CCC(O)CNC(CS)C(=O)O.CCC(O)CNC(Cc1ccc(O)c(O)c1)C(=O)O.CCC(O)CNC(Cc1ccccc1)C(=O)O.CCC1CCCO1.CCC1CO1.CCCOc1ccccc1.CCc1ccccc1. The molecule has 3 heterocycles. The van der Waals surface area contributed by atoms with Crippen LogP contribution in [-0.2, 0) is 47.9 Å². The lowest BCUT2D eigenvalue weighted by Crippen LogP contribution is -2.42. The molecule has 10 rings (SSSR count). The molecular formula is C85H133N5O17S. The summed E-state index contributed by atoms with van der Waals surface area (Å²) in [6.45, 7) is 29.7.